The first-order valence-electron chi connectivity index (χ1n) is 10.4. The van der Waals surface area contributed by atoms with E-state index in [9.17, 15) is 9.18 Å². The van der Waals surface area contributed by atoms with Gasteiger partial charge in [-0.1, -0.05) is 35.9 Å². The van der Waals surface area contributed by atoms with Crippen molar-refractivity contribution < 1.29 is 18.7 Å². The van der Waals surface area contributed by atoms with Crippen LogP contribution in [0.25, 0.3) is 6.08 Å². The maximum absolute atomic E-state index is 13.1. The molecule has 0 N–H and O–H groups in total. The summed E-state index contributed by atoms with van der Waals surface area (Å²) in [6, 6.07) is 15.7. The molecule has 0 aliphatic carbocycles. The van der Waals surface area contributed by atoms with Gasteiger partial charge in [0.15, 0.2) is 5.76 Å². The molecule has 6 heteroatoms. The third kappa shape index (κ3) is 4.01. The highest BCUT2D eigenvalue weighted by Crippen LogP contribution is 2.43. The average molecular weight is 450 g/mol. The van der Waals surface area contributed by atoms with Gasteiger partial charge in [0.2, 0.25) is 5.78 Å². The molecule has 2 aliphatic rings. The molecule has 0 saturated heterocycles. The Kier molecular flexibility index (Phi) is 5.45. The second-order valence-corrected chi connectivity index (χ2v) is 8.50. The number of hydrogen-bond donors (Lipinski definition) is 0. The van der Waals surface area contributed by atoms with E-state index in [0.29, 0.717) is 35.4 Å². The molecule has 0 bridgehead atoms. The molecule has 0 spiro atoms. The van der Waals surface area contributed by atoms with Crippen LogP contribution in [-0.2, 0) is 13.0 Å². The number of hydrogen-bond acceptors (Lipinski definition) is 4. The van der Waals surface area contributed by atoms with Gasteiger partial charge in [-0.15, -0.1) is 0 Å². The standard InChI is InChI=1S/C26H21ClFNO3/c1-16-25-19(14-29(15-31-25)11-10-17-4-8-21(28)9-5-17)13-22-24(30)23(32-26(16)22)12-18-2-6-20(27)7-3-18/h2-9,12-13H,10-11,14-15H2,1H3/b23-12-. The zero-order valence-electron chi connectivity index (χ0n) is 17.5. The summed E-state index contributed by atoms with van der Waals surface area (Å²) in [4.78, 5) is 15.2. The van der Waals surface area contributed by atoms with Gasteiger partial charge in [0, 0.05) is 29.2 Å². The van der Waals surface area contributed by atoms with Crippen LogP contribution in [-0.4, -0.2) is 24.0 Å². The minimum atomic E-state index is -0.232. The zero-order valence-corrected chi connectivity index (χ0v) is 18.3. The van der Waals surface area contributed by atoms with Crippen molar-refractivity contribution in [3.05, 3.63) is 99.0 Å². The first-order chi connectivity index (χ1) is 15.5. The van der Waals surface area contributed by atoms with Gasteiger partial charge in [0.25, 0.3) is 0 Å². The van der Waals surface area contributed by atoms with Crippen molar-refractivity contribution in [1.82, 2.24) is 4.90 Å². The van der Waals surface area contributed by atoms with Crippen molar-refractivity contribution in [2.45, 2.75) is 19.9 Å². The number of allylic oxidation sites excluding steroid dienone is 1. The molecule has 0 saturated carbocycles. The van der Waals surface area contributed by atoms with Gasteiger partial charge < -0.3 is 9.47 Å². The fourth-order valence-corrected chi connectivity index (χ4v) is 4.21. The molecule has 0 aromatic heterocycles. The summed E-state index contributed by atoms with van der Waals surface area (Å²) in [5.41, 5.74) is 4.28. The van der Waals surface area contributed by atoms with E-state index >= 15 is 0 Å². The van der Waals surface area contributed by atoms with Gasteiger partial charge in [0.05, 0.1) is 5.56 Å². The molecular formula is C26H21ClFNO3. The first kappa shape index (κ1) is 20.7. The topological polar surface area (TPSA) is 38.8 Å². The Bertz CT molecular complexity index is 1220. The van der Waals surface area contributed by atoms with Crippen LogP contribution >= 0.6 is 11.6 Å². The lowest BCUT2D eigenvalue weighted by Crippen LogP contribution is -2.34. The van der Waals surface area contributed by atoms with Crippen LogP contribution in [0.4, 0.5) is 4.39 Å². The summed E-state index contributed by atoms with van der Waals surface area (Å²) < 4.78 is 25.1. The smallest absolute Gasteiger partial charge is 0.231 e. The molecule has 3 aromatic carbocycles. The number of ether oxygens (including phenoxy) is 2. The Morgan fingerprint density at radius 3 is 2.59 bits per heavy atom. The van der Waals surface area contributed by atoms with Gasteiger partial charge in [0.1, 0.15) is 24.0 Å². The number of halogens is 2. The van der Waals surface area contributed by atoms with Crippen LogP contribution in [0.5, 0.6) is 11.5 Å². The van der Waals surface area contributed by atoms with Crippen molar-refractivity contribution in [2.75, 3.05) is 13.3 Å². The summed E-state index contributed by atoms with van der Waals surface area (Å²) in [5.74, 6) is 1.27. The van der Waals surface area contributed by atoms with Crippen LogP contribution in [0.3, 0.4) is 0 Å². The van der Waals surface area contributed by atoms with Crippen molar-refractivity contribution in [1.29, 1.82) is 0 Å². The van der Waals surface area contributed by atoms with Crippen LogP contribution in [0.15, 0.2) is 60.4 Å². The Morgan fingerprint density at radius 1 is 1.09 bits per heavy atom. The van der Waals surface area contributed by atoms with Gasteiger partial charge in [-0.05, 0) is 60.9 Å². The number of nitrogens with zero attached hydrogens (tertiary/aromatic N) is 1. The lowest BCUT2D eigenvalue weighted by Gasteiger charge is -2.30. The highest BCUT2D eigenvalue weighted by atomic mass is 35.5. The van der Waals surface area contributed by atoms with E-state index in [-0.39, 0.29) is 11.6 Å². The number of rotatable bonds is 4. The average Bonchev–Trinajstić information content (AvgIpc) is 3.10. The predicted octanol–water partition coefficient (Wildman–Crippen LogP) is 5.80. The minimum Gasteiger partial charge on any atom is -0.477 e. The molecule has 0 fully saturated rings. The first-order valence-corrected chi connectivity index (χ1v) is 10.8. The molecule has 5 rings (SSSR count). The van der Waals surface area contributed by atoms with E-state index in [2.05, 4.69) is 4.90 Å². The minimum absolute atomic E-state index is 0.135. The molecule has 2 aliphatic heterocycles. The SMILES string of the molecule is Cc1c2c(cc3c1O/C(=C\c1ccc(Cl)cc1)C3=O)CN(CCc1ccc(F)cc1)CO2. The second-order valence-electron chi connectivity index (χ2n) is 8.06. The summed E-state index contributed by atoms with van der Waals surface area (Å²) in [6.45, 7) is 3.82. The summed E-state index contributed by atoms with van der Waals surface area (Å²) in [5, 5.41) is 0.638. The Morgan fingerprint density at radius 2 is 1.84 bits per heavy atom. The summed E-state index contributed by atoms with van der Waals surface area (Å²) in [7, 11) is 0. The van der Waals surface area contributed by atoms with Crippen molar-refractivity contribution in [3.63, 3.8) is 0 Å². The fourth-order valence-electron chi connectivity index (χ4n) is 4.09. The number of Topliss-reactive ketones (excluding diaryl/α,β-unsaturated/α-hetero) is 1. The van der Waals surface area contributed by atoms with E-state index in [0.717, 1.165) is 41.0 Å². The highest BCUT2D eigenvalue weighted by Gasteiger charge is 2.33. The van der Waals surface area contributed by atoms with E-state index < -0.39 is 0 Å². The molecule has 162 valence electrons. The van der Waals surface area contributed by atoms with Crippen LogP contribution < -0.4 is 9.47 Å². The molecule has 3 aromatic rings. The number of fused-ring (bicyclic) bond motifs is 2. The molecule has 0 atom stereocenters. The van der Waals surface area contributed by atoms with E-state index in [1.165, 1.54) is 12.1 Å². The van der Waals surface area contributed by atoms with Gasteiger partial charge >= 0.3 is 0 Å². The van der Waals surface area contributed by atoms with Crippen molar-refractivity contribution in [3.8, 4) is 11.5 Å². The number of ketones is 1. The van der Waals surface area contributed by atoms with E-state index in [1.807, 2.05) is 25.1 Å². The zero-order chi connectivity index (χ0) is 22.2. The molecular weight excluding hydrogens is 429 g/mol. The van der Waals surface area contributed by atoms with Gasteiger partial charge in [-0.2, -0.15) is 0 Å². The van der Waals surface area contributed by atoms with Gasteiger partial charge in [-0.25, -0.2) is 4.39 Å². The molecule has 0 amide bonds. The van der Waals surface area contributed by atoms with Crippen molar-refractivity contribution >= 4 is 23.5 Å². The number of benzene rings is 3. The number of carbonyl (C=O) groups is 1. The van der Waals surface area contributed by atoms with E-state index in [1.54, 1.807) is 30.3 Å². The number of carbonyl (C=O) groups excluding carboxylic acids is 1. The monoisotopic (exact) mass is 449 g/mol. The Balaban J connectivity index is 1.35. The molecule has 2 heterocycles. The lowest BCUT2D eigenvalue weighted by atomic mass is 10.00. The van der Waals surface area contributed by atoms with Crippen LogP contribution in [0, 0.1) is 12.7 Å². The molecule has 32 heavy (non-hydrogen) atoms. The van der Waals surface area contributed by atoms with E-state index in [4.69, 9.17) is 21.1 Å². The van der Waals surface area contributed by atoms with Crippen LogP contribution in [0.2, 0.25) is 5.02 Å². The van der Waals surface area contributed by atoms with Gasteiger partial charge in [-0.3, -0.25) is 9.69 Å². The third-order valence-corrected chi connectivity index (χ3v) is 6.05. The molecule has 4 nitrogen and oxygen atoms in total. The quantitative estimate of drug-likeness (QED) is 0.472. The Hall–Kier alpha value is -3.15. The fraction of sp³-hybridized carbons (Fsp3) is 0.192. The molecule has 0 unspecified atom stereocenters. The normalized spacial score (nSPS) is 16.5. The Labute approximate surface area is 190 Å². The van der Waals surface area contributed by atoms with Crippen LogP contribution in [0.1, 0.15) is 32.6 Å². The second kappa shape index (κ2) is 8.41. The maximum atomic E-state index is 13.1. The highest BCUT2D eigenvalue weighted by molar-refractivity contribution is 6.30. The summed E-state index contributed by atoms with van der Waals surface area (Å²) >= 11 is 5.95. The molecule has 0 radical (unpaired) electrons. The van der Waals surface area contributed by atoms with Crippen molar-refractivity contribution in [2.24, 2.45) is 0 Å². The summed E-state index contributed by atoms with van der Waals surface area (Å²) in [6.07, 6.45) is 2.52. The lowest BCUT2D eigenvalue weighted by molar-refractivity contribution is 0.0954. The maximum Gasteiger partial charge on any atom is 0.231 e. The largest absolute Gasteiger partial charge is 0.477 e. The predicted molar refractivity (Wildman–Crippen MR) is 122 cm³/mol. The third-order valence-electron chi connectivity index (χ3n) is 5.80.